The Morgan fingerprint density at radius 1 is 1.18 bits per heavy atom. The quantitative estimate of drug-likeness (QED) is 0.827. The Bertz CT molecular complexity index is 454. The van der Waals surface area contributed by atoms with Gasteiger partial charge in [-0.3, -0.25) is 4.79 Å². The zero-order valence-electron chi connectivity index (χ0n) is 12.8. The summed E-state index contributed by atoms with van der Waals surface area (Å²) in [6.07, 6.45) is 1.45. The van der Waals surface area contributed by atoms with Crippen LogP contribution in [0.5, 0.6) is 0 Å². The maximum absolute atomic E-state index is 13.7. The fraction of sp³-hybridized carbons (Fsp3) is 0.533. The molecule has 0 aromatic heterocycles. The second kappa shape index (κ2) is 10.6. The molecule has 7 heteroatoms. The lowest BCUT2D eigenvalue weighted by atomic mass is 10.2. The normalized spacial score (nSPS) is 14.1. The maximum atomic E-state index is 13.7. The van der Waals surface area contributed by atoms with Gasteiger partial charge in [-0.1, -0.05) is 12.1 Å². The highest BCUT2D eigenvalue weighted by Crippen LogP contribution is 2.20. The lowest BCUT2D eigenvalue weighted by Crippen LogP contribution is -2.49. The molecule has 0 aliphatic carbocycles. The summed E-state index contributed by atoms with van der Waals surface area (Å²) in [5, 5.41) is 3.04. The second-order valence-corrected chi connectivity index (χ2v) is 5.03. The molecule has 1 aliphatic heterocycles. The van der Waals surface area contributed by atoms with Crippen molar-refractivity contribution in [1.82, 2.24) is 10.2 Å². The summed E-state index contributed by atoms with van der Waals surface area (Å²) in [4.78, 5) is 15.9. The highest BCUT2D eigenvalue weighted by molar-refractivity contribution is 5.85. The second-order valence-electron chi connectivity index (χ2n) is 5.03. The zero-order valence-corrected chi connectivity index (χ0v) is 14.4. The van der Waals surface area contributed by atoms with Crippen LogP contribution in [0.2, 0.25) is 0 Å². The number of amides is 1. The third-order valence-corrected chi connectivity index (χ3v) is 3.64. The number of nitrogens with zero attached hydrogens (tertiary/aromatic N) is 2. The molecule has 22 heavy (non-hydrogen) atoms. The van der Waals surface area contributed by atoms with Crippen LogP contribution in [0.25, 0.3) is 0 Å². The first-order valence-electron chi connectivity index (χ1n) is 7.14. The minimum atomic E-state index is -0.193. The van der Waals surface area contributed by atoms with E-state index in [0.29, 0.717) is 38.3 Å². The van der Waals surface area contributed by atoms with Crippen molar-refractivity contribution in [2.45, 2.75) is 12.8 Å². The molecule has 1 amide bonds. The van der Waals surface area contributed by atoms with Crippen molar-refractivity contribution in [3.8, 4) is 0 Å². The zero-order chi connectivity index (χ0) is 14.4. The molecule has 0 bridgehead atoms. The largest absolute Gasteiger partial charge is 0.366 e. The molecule has 0 radical (unpaired) electrons. The molecule has 1 heterocycles. The maximum Gasteiger partial charge on any atom is 0.222 e. The molecular weight excluding hydrogens is 328 g/mol. The van der Waals surface area contributed by atoms with Gasteiger partial charge in [-0.25, -0.2) is 4.39 Å². The van der Waals surface area contributed by atoms with E-state index in [1.165, 1.54) is 6.07 Å². The highest BCUT2D eigenvalue weighted by Gasteiger charge is 2.22. The number of nitrogens with one attached hydrogen (secondary N) is 1. The fourth-order valence-electron chi connectivity index (χ4n) is 2.48. The van der Waals surface area contributed by atoms with E-state index in [1.807, 2.05) is 22.9 Å². The first-order valence-corrected chi connectivity index (χ1v) is 7.14. The molecule has 0 atom stereocenters. The van der Waals surface area contributed by atoms with Gasteiger partial charge in [-0.05, 0) is 32.1 Å². The lowest BCUT2D eigenvalue weighted by molar-refractivity contribution is -0.131. The molecule has 1 N–H and O–H groups in total. The van der Waals surface area contributed by atoms with E-state index >= 15 is 0 Å². The number of carbonyl (C=O) groups is 1. The monoisotopic (exact) mass is 351 g/mol. The summed E-state index contributed by atoms with van der Waals surface area (Å²) < 4.78 is 13.7. The van der Waals surface area contributed by atoms with Gasteiger partial charge in [0.15, 0.2) is 0 Å². The summed E-state index contributed by atoms with van der Waals surface area (Å²) in [6.45, 7) is 3.60. The Hall–Kier alpha value is -1.04. The van der Waals surface area contributed by atoms with E-state index in [4.69, 9.17) is 0 Å². The van der Waals surface area contributed by atoms with Crippen molar-refractivity contribution >= 4 is 36.4 Å². The summed E-state index contributed by atoms with van der Waals surface area (Å²) >= 11 is 0. The predicted molar refractivity (Wildman–Crippen MR) is 92.8 cm³/mol. The minimum Gasteiger partial charge on any atom is -0.366 e. The van der Waals surface area contributed by atoms with E-state index in [0.717, 1.165) is 13.0 Å². The molecule has 2 rings (SSSR count). The Balaban J connectivity index is 0.00000220. The van der Waals surface area contributed by atoms with Gasteiger partial charge < -0.3 is 15.1 Å². The molecule has 1 aromatic rings. The van der Waals surface area contributed by atoms with E-state index < -0.39 is 0 Å². The summed E-state index contributed by atoms with van der Waals surface area (Å²) in [5.74, 6) is 0.00901. The number of halogens is 3. The van der Waals surface area contributed by atoms with Gasteiger partial charge in [0.1, 0.15) is 5.82 Å². The number of hydrogen-bond donors (Lipinski definition) is 1. The molecule has 0 spiro atoms. The van der Waals surface area contributed by atoms with Crippen molar-refractivity contribution in [1.29, 1.82) is 0 Å². The fourth-order valence-corrected chi connectivity index (χ4v) is 2.48. The van der Waals surface area contributed by atoms with Crippen LogP contribution in [0.4, 0.5) is 10.1 Å². The molecule has 1 saturated heterocycles. The smallest absolute Gasteiger partial charge is 0.222 e. The van der Waals surface area contributed by atoms with Crippen LogP contribution in [-0.4, -0.2) is 50.6 Å². The van der Waals surface area contributed by atoms with Crippen LogP contribution in [0.1, 0.15) is 12.8 Å². The number of piperazine rings is 1. The topological polar surface area (TPSA) is 35.6 Å². The molecule has 0 unspecified atom stereocenters. The average molecular weight is 352 g/mol. The lowest BCUT2D eigenvalue weighted by Gasteiger charge is -2.36. The van der Waals surface area contributed by atoms with Gasteiger partial charge in [-0.15, -0.1) is 24.8 Å². The predicted octanol–water partition coefficient (Wildman–Crippen LogP) is 2.32. The van der Waals surface area contributed by atoms with Crippen LogP contribution >= 0.6 is 24.8 Å². The Kier molecular flexibility index (Phi) is 10.1. The SMILES string of the molecule is CNCCCC(=O)N1CCN(c2ccccc2F)CC1.Cl.Cl. The number of rotatable bonds is 5. The summed E-state index contributed by atoms with van der Waals surface area (Å²) in [7, 11) is 1.89. The summed E-state index contributed by atoms with van der Waals surface area (Å²) in [6, 6.07) is 6.80. The number of anilines is 1. The summed E-state index contributed by atoms with van der Waals surface area (Å²) in [5.41, 5.74) is 0.634. The van der Waals surface area contributed by atoms with Gasteiger partial charge in [0.25, 0.3) is 0 Å². The van der Waals surface area contributed by atoms with Crippen molar-refractivity contribution in [2.24, 2.45) is 0 Å². The van der Waals surface area contributed by atoms with Crippen LogP contribution in [0.3, 0.4) is 0 Å². The van der Waals surface area contributed by atoms with Crippen LogP contribution in [-0.2, 0) is 4.79 Å². The van der Waals surface area contributed by atoms with E-state index in [-0.39, 0.29) is 36.5 Å². The first kappa shape index (κ1) is 21.0. The van der Waals surface area contributed by atoms with Gasteiger partial charge in [-0.2, -0.15) is 0 Å². The van der Waals surface area contributed by atoms with Gasteiger partial charge >= 0.3 is 0 Å². The van der Waals surface area contributed by atoms with E-state index in [1.54, 1.807) is 12.1 Å². The van der Waals surface area contributed by atoms with Crippen molar-refractivity contribution in [3.63, 3.8) is 0 Å². The van der Waals surface area contributed by atoms with Crippen molar-refractivity contribution in [3.05, 3.63) is 30.1 Å². The molecule has 4 nitrogen and oxygen atoms in total. The number of hydrogen-bond acceptors (Lipinski definition) is 3. The number of para-hydroxylation sites is 1. The highest BCUT2D eigenvalue weighted by atomic mass is 35.5. The Labute approximate surface area is 143 Å². The Morgan fingerprint density at radius 3 is 2.41 bits per heavy atom. The minimum absolute atomic E-state index is 0. The van der Waals surface area contributed by atoms with Crippen molar-refractivity contribution < 1.29 is 9.18 Å². The van der Waals surface area contributed by atoms with Crippen LogP contribution in [0, 0.1) is 5.82 Å². The average Bonchev–Trinajstić information content (AvgIpc) is 2.48. The van der Waals surface area contributed by atoms with E-state index in [9.17, 15) is 9.18 Å². The standard InChI is InChI=1S/C15H22FN3O.2ClH/c1-17-8-4-7-15(20)19-11-9-18(10-12-19)14-6-3-2-5-13(14)16;;/h2-3,5-6,17H,4,7-12H2,1H3;2*1H. The molecule has 1 fully saturated rings. The number of carbonyl (C=O) groups excluding carboxylic acids is 1. The third-order valence-electron chi connectivity index (χ3n) is 3.64. The number of benzene rings is 1. The Morgan fingerprint density at radius 2 is 1.82 bits per heavy atom. The molecule has 1 aliphatic rings. The molecule has 1 aromatic carbocycles. The van der Waals surface area contributed by atoms with E-state index in [2.05, 4.69) is 5.32 Å². The van der Waals surface area contributed by atoms with Gasteiger partial charge in [0.05, 0.1) is 5.69 Å². The molecule has 126 valence electrons. The van der Waals surface area contributed by atoms with Crippen molar-refractivity contribution in [2.75, 3.05) is 44.7 Å². The molecule has 0 saturated carbocycles. The van der Waals surface area contributed by atoms with Gasteiger partial charge in [0.2, 0.25) is 5.91 Å². The third kappa shape index (κ3) is 5.63. The van der Waals surface area contributed by atoms with Crippen LogP contribution < -0.4 is 10.2 Å². The van der Waals surface area contributed by atoms with Gasteiger partial charge in [0, 0.05) is 32.6 Å². The molecular formula is C15H24Cl2FN3O. The first-order chi connectivity index (χ1) is 9.72. The van der Waals surface area contributed by atoms with Crippen LogP contribution in [0.15, 0.2) is 24.3 Å².